The van der Waals surface area contributed by atoms with E-state index in [4.69, 9.17) is 4.74 Å². The second-order valence-electron chi connectivity index (χ2n) is 6.58. The molecule has 0 aromatic heterocycles. The number of nitrogens with zero attached hydrogens (tertiary/aromatic N) is 1. The van der Waals surface area contributed by atoms with Gasteiger partial charge in [0.25, 0.3) is 0 Å². The summed E-state index contributed by atoms with van der Waals surface area (Å²) >= 11 is 0. The van der Waals surface area contributed by atoms with E-state index < -0.39 is 17.2 Å². The Kier molecular flexibility index (Phi) is 3.97. The van der Waals surface area contributed by atoms with Gasteiger partial charge in [-0.05, 0) is 43.7 Å². The molecule has 0 heterocycles. The zero-order chi connectivity index (χ0) is 16.6. The smallest absolute Gasteiger partial charge is 0.225 e. The lowest BCUT2D eigenvalue weighted by molar-refractivity contribution is -0.124. The summed E-state index contributed by atoms with van der Waals surface area (Å²) in [7, 11) is 0. The Labute approximate surface area is 133 Å². The lowest BCUT2D eigenvalue weighted by Gasteiger charge is -2.24. The van der Waals surface area contributed by atoms with Gasteiger partial charge in [-0.2, -0.15) is 5.26 Å². The van der Waals surface area contributed by atoms with Gasteiger partial charge in [-0.1, -0.05) is 6.42 Å². The molecule has 2 saturated carbocycles. The SMILES string of the molecule is CC(C#N)(COc1ccc(F)c(F)c1)NC(=O)C1C2CCCC21. The zero-order valence-electron chi connectivity index (χ0n) is 12.8. The van der Waals surface area contributed by atoms with Gasteiger partial charge in [0.15, 0.2) is 17.2 Å². The van der Waals surface area contributed by atoms with E-state index in [0.29, 0.717) is 11.8 Å². The second kappa shape index (κ2) is 5.80. The molecule has 1 aromatic carbocycles. The summed E-state index contributed by atoms with van der Waals surface area (Å²) in [4.78, 5) is 12.3. The number of fused-ring (bicyclic) bond motifs is 1. The maximum Gasteiger partial charge on any atom is 0.225 e. The first-order valence-corrected chi connectivity index (χ1v) is 7.75. The largest absolute Gasteiger partial charge is 0.490 e. The van der Waals surface area contributed by atoms with Crippen molar-refractivity contribution in [3.63, 3.8) is 0 Å². The van der Waals surface area contributed by atoms with Gasteiger partial charge < -0.3 is 10.1 Å². The topological polar surface area (TPSA) is 62.1 Å². The van der Waals surface area contributed by atoms with Gasteiger partial charge in [0.05, 0.1) is 6.07 Å². The maximum atomic E-state index is 13.1. The normalized spacial score (nSPS) is 27.5. The summed E-state index contributed by atoms with van der Waals surface area (Å²) < 4.78 is 31.4. The van der Waals surface area contributed by atoms with Crippen LogP contribution in [-0.4, -0.2) is 18.1 Å². The van der Waals surface area contributed by atoms with Crippen LogP contribution in [0.15, 0.2) is 18.2 Å². The standard InChI is InChI=1S/C17H18F2N2O2/c1-17(8-20,9-23-10-5-6-13(18)14(19)7-10)21-16(22)15-11-3-2-4-12(11)15/h5-7,11-12,15H,2-4,9H2,1H3,(H,21,22). The van der Waals surface area contributed by atoms with Gasteiger partial charge in [-0.25, -0.2) is 8.78 Å². The Morgan fingerprint density at radius 1 is 1.39 bits per heavy atom. The van der Waals surface area contributed by atoms with Gasteiger partial charge in [0.1, 0.15) is 12.4 Å². The Hall–Kier alpha value is -2.16. The molecule has 1 aromatic rings. The van der Waals surface area contributed by atoms with E-state index in [1.807, 2.05) is 6.07 Å². The van der Waals surface area contributed by atoms with Crippen molar-refractivity contribution < 1.29 is 18.3 Å². The molecule has 4 nitrogen and oxygen atoms in total. The van der Waals surface area contributed by atoms with E-state index in [1.54, 1.807) is 6.92 Å². The summed E-state index contributed by atoms with van der Waals surface area (Å²) in [6.45, 7) is 1.42. The molecule has 1 N–H and O–H groups in total. The van der Waals surface area contributed by atoms with Crippen molar-refractivity contribution in [2.24, 2.45) is 17.8 Å². The van der Waals surface area contributed by atoms with Crippen molar-refractivity contribution >= 4 is 5.91 Å². The monoisotopic (exact) mass is 320 g/mol. The first-order chi connectivity index (χ1) is 10.9. The number of nitrogens with one attached hydrogen (secondary N) is 1. The number of hydrogen-bond donors (Lipinski definition) is 1. The van der Waals surface area contributed by atoms with E-state index in [9.17, 15) is 18.8 Å². The molecule has 2 aliphatic rings. The number of amides is 1. The highest BCUT2D eigenvalue weighted by Gasteiger charge is 2.57. The van der Waals surface area contributed by atoms with E-state index in [2.05, 4.69) is 5.32 Å². The number of ether oxygens (including phenoxy) is 1. The van der Waals surface area contributed by atoms with Crippen LogP contribution in [0.4, 0.5) is 8.78 Å². The van der Waals surface area contributed by atoms with E-state index in [1.165, 1.54) is 12.5 Å². The minimum Gasteiger partial charge on any atom is -0.490 e. The Balaban J connectivity index is 1.58. The van der Waals surface area contributed by atoms with Crippen molar-refractivity contribution in [2.45, 2.75) is 31.7 Å². The van der Waals surface area contributed by atoms with Crippen LogP contribution in [0.2, 0.25) is 0 Å². The Bertz CT molecular complexity index is 663. The molecule has 6 heteroatoms. The molecule has 3 unspecified atom stereocenters. The third-order valence-corrected chi connectivity index (χ3v) is 4.77. The van der Waals surface area contributed by atoms with E-state index in [0.717, 1.165) is 25.0 Å². The van der Waals surface area contributed by atoms with E-state index in [-0.39, 0.29) is 24.2 Å². The summed E-state index contributed by atoms with van der Waals surface area (Å²) in [5, 5.41) is 12.1. The second-order valence-corrected chi connectivity index (χ2v) is 6.58. The van der Waals surface area contributed by atoms with Crippen LogP contribution in [0.5, 0.6) is 5.75 Å². The fourth-order valence-corrected chi connectivity index (χ4v) is 3.46. The van der Waals surface area contributed by atoms with Crippen LogP contribution in [0, 0.1) is 40.7 Å². The highest BCUT2D eigenvalue weighted by Crippen LogP contribution is 2.57. The fraction of sp³-hybridized carbons (Fsp3) is 0.529. The molecular weight excluding hydrogens is 302 g/mol. The maximum absolute atomic E-state index is 13.1. The molecular formula is C17H18F2N2O2. The van der Waals surface area contributed by atoms with Gasteiger partial charge >= 0.3 is 0 Å². The molecule has 0 radical (unpaired) electrons. The van der Waals surface area contributed by atoms with Crippen LogP contribution >= 0.6 is 0 Å². The summed E-state index contributed by atoms with van der Waals surface area (Å²) in [6, 6.07) is 5.18. The summed E-state index contributed by atoms with van der Waals surface area (Å²) in [5.41, 5.74) is -1.21. The lowest BCUT2D eigenvalue weighted by atomic mass is 10.0. The quantitative estimate of drug-likeness (QED) is 0.907. The lowest BCUT2D eigenvalue weighted by Crippen LogP contribution is -2.50. The number of benzene rings is 1. The van der Waals surface area contributed by atoms with Crippen LogP contribution in [-0.2, 0) is 4.79 Å². The minimum absolute atomic E-state index is 0.0136. The van der Waals surface area contributed by atoms with Crippen LogP contribution in [0.1, 0.15) is 26.2 Å². The summed E-state index contributed by atoms with van der Waals surface area (Å²) in [6.07, 6.45) is 3.34. The first-order valence-electron chi connectivity index (χ1n) is 7.75. The average Bonchev–Trinajstić information content (AvgIpc) is 3.02. The Morgan fingerprint density at radius 2 is 2.09 bits per heavy atom. The first kappa shape index (κ1) is 15.7. The minimum atomic E-state index is -1.21. The van der Waals surface area contributed by atoms with Crippen molar-refractivity contribution in [3.05, 3.63) is 29.8 Å². The molecule has 2 aliphatic carbocycles. The van der Waals surface area contributed by atoms with Gasteiger partial charge in [0, 0.05) is 12.0 Å². The molecule has 0 spiro atoms. The van der Waals surface area contributed by atoms with Crippen LogP contribution in [0.25, 0.3) is 0 Å². The van der Waals surface area contributed by atoms with E-state index >= 15 is 0 Å². The molecule has 23 heavy (non-hydrogen) atoms. The van der Waals surface area contributed by atoms with Crippen molar-refractivity contribution in [1.82, 2.24) is 5.32 Å². The van der Waals surface area contributed by atoms with Crippen LogP contribution < -0.4 is 10.1 Å². The van der Waals surface area contributed by atoms with Crippen LogP contribution in [0.3, 0.4) is 0 Å². The predicted molar refractivity (Wildman–Crippen MR) is 78.3 cm³/mol. The molecule has 0 saturated heterocycles. The summed E-state index contributed by atoms with van der Waals surface area (Å²) in [5.74, 6) is -1.04. The molecule has 1 amide bonds. The number of hydrogen-bond acceptors (Lipinski definition) is 3. The molecule has 122 valence electrons. The molecule has 3 atom stereocenters. The molecule has 0 bridgehead atoms. The number of rotatable bonds is 5. The molecule has 3 rings (SSSR count). The predicted octanol–water partition coefficient (Wildman–Crippen LogP) is 2.79. The number of halogens is 2. The number of carbonyl (C=O) groups is 1. The molecule has 2 fully saturated rings. The highest BCUT2D eigenvalue weighted by molar-refractivity contribution is 5.83. The molecule has 0 aliphatic heterocycles. The van der Waals surface area contributed by atoms with Crippen molar-refractivity contribution in [1.29, 1.82) is 5.26 Å². The number of nitriles is 1. The van der Waals surface area contributed by atoms with Crippen molar-refractivity contribution in [3.8, 4) is 11.8 Å². The number of carbonyl (C=O) groups excluding carboxylic acids is 1. The Morgan fingerprint density at radius 3 is 2.70 bits per heavy atom. The van der Waals surface area contributed by atoms with Gasteiger partial charge in [-0.3, -0.25) is 4.79 Å². The van der Waals surface area contributed by atoms with Gasteiger partial charge in [0.2, 0.25) is 5.91 Å². The fourth-order valence-electron chi connectivity index (χ4n) is 3.46. The zero-order valence-corrected chi connectivity index (χ0v) is 12.8. The third-order valence-electron chi connectivity index (χ3n) is 4.77. The van der Waals surface area contributed by atoms with Crippen molar-refractivity contribution in [2.75, 3.05) is 6.61 Å². The highest BCUT2D eigenvalue weighted by atomic mass is 19.2. The van der Waals surface area contributed by atoms with Gasteiger partial charge in [-0.15, -0.1) is 0 Å². The third kappa shape index (κ3) is 3.14. The average molecular weight is 320 g/mol.